The standard InChI is InChI=1S/C16H26N2O3/c1-10-6-11(7-13(14(10)17)15(20)21-5)18-9-12(19)8-16(2,3)4/h6-7,12,18-19H,8-9,17H2,1-5H3. The van der Waals surface area contributed by atoms with E-state index in [9.17, 15) is 9.90 Å². The van der Waals surface area contributed by atoms with E-state index in [1.807, 2.05) is 13.0 Å². The number of rotatable bonds is 5. The molecule has 0 aliphatic heterocycles. The summed E-state index contributed by atoms with van der Waals surface area (Å²) in [6.07, 6.45) is 0.238. The highest BCUT2D eigenvalue weighted by Crippen LogP contribution is 2.24. The van der Waals surface area contributed by atoms with Gasteiger partial charge in [0.15, 0.2) is 0 Å². The van der Waals surface area contributed by atoms with Crippen LogP contribution in [-0.4, -0.2) is 30.8 Å². The molecule has 0 amide bonds. The maximum atomic E-state index is 11.7. The van der Waals surface area contributed by atoms with Gasteiger partial charge in [0.05, 0.1) is 18.8 Å². The van der Waals surface area contributed by atoms with Gasteiger partial charge in [0.2, 0.25) is 0 Å². The number of ether oxygens (including phenoxy) is 1. The second-order valence-corrected chi connectivity index (χ2v) is 6.55. The lowest BCUT2D eigenvalue weighted by Gasteiger charge is -2.23. The van der Waals surface area contributed by atoms with Gasteiger partial charge in [0, 0.05) is 17.9 Å². The number of methoxy groups -OCH3 is 1. The fraction of sp³-hybridized carbons (Fsp3) is 0.562. The van der Waals surface area contributed by atoms with Crippen molar-refractivity contribution in [1.82, 2.24) is 0 Å². The Morgan fingerprint density at radius 2 is 2.05 bits per heavy atom. The molecule has 0 bridgehead atoms. The molecule has 0 aliphatic rings. The van der Waals surface area contributed by atoms with E-state index in [1.54, 1.807) is 6.07 Å². The summed E-state index contributed by atoms with van der Waals surface area (Å²) in [5.41, 5.74) is 8.25. The maximum Gasteiger partial charge on any atom is 0.340 e. The van der Waals surface area contributed by atoms with Crippen molar-refractivity contribution in [1.29, 1.82) is 0 Å². The van der Waals surface area contributed by atoms with Crippen LogP contribution in [0.25, 0.3) is 0 Å². The number of nitrogen functional groups attached to an aromatic ring is 1. The van der Waals surface area contributed by atoms with Gasteiger partial charge in [-0.25, -0.2) is 4.79 Å². The molecule has 4 N–H and O–H groups in total. The maximum absolute atomic E-state index is 11.7. The summed E-state index contributed by atoms with van der Waals surface area (Å²) in [4.78, 5) is 11.7. The predicted octanol–water partition coefficient (Wildman–Crippen LogP) is 2.57. The molecule has 0 saturated carbocycles. The molecule has 21 heavy (non-hydrogen) atoms. The molecule has 0 fully saturated rings. The van der Waals surface area contributed by atoms with Crippen LogP contribution >= 0.6 is 0 Å². The van der Waals surface area contributed by atoms with Crippen molar-refractivity contribution < 1.29 is 14.6 Å². The van der Waals surface area contributed by atoms with Crippen molar-refractivity contribution in [3.05, 3.63) is 23.3 Å². The molecule has 1 atom stereocenters. The first-order valence-corrected chi connectivity index (χ1v) is 7.04. The number of carbonyl (C=O) groups excluding carboxylic acids is 1. The Balaban J connectivity index is 2.81. The first kappa shape index (κ1) is 17.3. The van der Waals surface area contributed by atoms with Gasteiger partial charge >= 0.3 is 5.97 Å². The zero-order valence-corrected chi connectivity index (χ0v) is 13.5. The number of hydrogen-bond donors (Lipinski definition) is 3. The van der Waals surface area contributed by atoms with Crippen molar-refractivity contribution in [3.8, 4) is 0 Å². The van der Waals surface area contributed by atoms with Gasteiger partial charge in [-0.05, 0) is 36.5 Å². The van der Waals surface area contributed by atoms with Crippen molar-refractivity contribution in [2.75, 3.05) is 24.7 Å². The second kappa shape index (κ2) is 6.80. The minimum atomic E-state index is -0.463. The zero-order chi connectivity index (χ0) is 16.2. The average Bonchev–Trinajstić information content (AvgIpc) is 2.37. The summed E-state index contributed by atoms with van der Waals surface area (Å²) >= 11 is 0. The summed E-state index contributed by atoms with van der Waals surface area (Å²) in [6.45, 7) is 8.50. The minimum Gasteiger partial charge on any atom is -0.465 e. The number of aryl methyl sites for hydroxylation is 1. The van der Waals surface area contributed by atoms with Crippen LogP contribution in [0.3, 0.4) is 0 Å². The van der Waals surface area contributed by atoms with Gasteiger partial charge < -0.3 is 20.9 Å². The van der Waals surface area contributed by atoms with Crippen LogP contribution in [0.1, 0.15) is 43.1 Å². The van der Waals surface area contributed by atoms with E-state index in [1.165, 1.54) is 7.11 Å². The van der Waals surface area contributed by atoms with Crippen LogP contribution in [0.2, 0.25) is 0 Å². The lowest BCUT2D eigenvalue weighted by Crippen LogP contribution is -2.25. The fourth-order valence-electron chi connectivity index (χ4n) is 2.19. The number of benzene rings is 1. The van der Waals surface area contributed by atoms with Crippen molar-refractivity contribution in [2.24, 2.45) is 5.41 Å². The molecular formula is C16H26N2O3. The number of carbonyl (C=O) groups is 1. The first-order chi connectivity index (χ1) is 9.64. The van der Waals surface area contributed by atoms with E-state index >= 15 is 0 Å². The van der Waals surface area contributed by atoms with Gasteiger partial charge in [0.25, 0.3) is 0 Å². The van der Waals surface area contributed by atoms with Crippen LogP contribution in [0, 0.1) is 12.3 Å². The minimum absolute atomic E-state index is 0.0648. The Morgan fingerprint density at radius 1 is 1.43 bits per heavy atom. The molecule has 118 valence electrons. The number of hydrogen-bond acceptors (Lipinski definition) is 5. The molecule has 0 saturated heterocycles. The lowest BCUT2D eigenvalue weighted by molar-refractivity contribution is 0.0602. The summed E-state index contributed by atoms with van der Waals surface area (Å²) < 4.78 is 4.72. The van der Waals surface area contributed by atoms with Gasteiger partial charge in [-0.15, -0.1) is 0 Å². The van der Waals surface area contributed by atoms with Crippen molar-refractivity contribution >= 4 is 17.3 Å². The Bertz CT molecular complexity index is 507. The smallest absolute Gasteiger partial charge is 0.340 e. The van der Waals surface area contributed by atoms with Crippen LogP contribution in [0.15, 0.2) is 12.1 Å². The molecular weight excluding hydrogens is 268 g/mol. The molecule has 1 aromatic rings. The van der Waals surface area contributed by atoms with E-state index < -0.39 is 12.1 Å². The van der Waals surface area contributed by atoms with Crippen molar-refractivity contribution in [2.45, 2.75) is 40.2 Å². The van der Waals surface area contributed by atoms with Crippen molar-refractivity contribution in [3.63, 3.8) is 0 Å². The third kappa shape index (κ3) is 5.27. The van der Waals surface area contributed by atoms with Crippen LogP contribution in [0.4, 0.5) is 11.4 Å². The zero-order valence-electron chi connectivity index (χ0n) is 13.5. The summed E-state index contributed by atoms with van der Waals surface area (Å²) in [7, 11) is 1.32. The van der Waals surface area contributed by atoms with Gasteiger partial charge in [-0.2, -0.15) is 0 Å². The van der Waals surface area contributed by atoms with E-state index in [2.05, 4.69) is 26.1 Å². The van der Waals surface area contributed by atoms with Gasteiger partial charge in [-0.1, -0.05) is 20.8 Å². The average molecular weight is 294 g/mol. The quantitative estimate of drug-likeness (QED) is 0.574. The largest absolute Gasteiger partial charge is 0.465 e. The van der Waals surface area contributed by atoms with Crippen LogP contribution < -0.4 is 11.1 Å². The Morgan fingerprint density at radius 3 is 2.57 bits per heavy atom. The molecule has 0 heterocycles. The highest BCUT2D eigenvalue weighted by molar-refractivity contribution is 5.97. The molecule has 0 aromatic heterocycles. The molecule has 0 spiro atoms. The van der Waals surface area contributed by atoms with Gasteiger partial charge in [0.1, 0.15) is 0 Å². The fourth-order valence-corrected chi connectivity index (χ4v) is 2.19. The first-order valence-electron chi connectivity index (χ1n) is 7.04. The SMILES string of the molecule is COC(=O)c1cc(NCC(O)CC(C)(C)C)cc(C)c1N. The highest BCUT2D eigenvalue weighted by Gasteiger charge is 2.17. The summed E-state index contributed by atoms with van der Waals surface area (Å²) in [5, 5.41) is 13.2. The van der Waals surface area contributed by atoms with E-state index in [4.69, 9.17) is 10.5 Å². The molecule has 0 aliphatic carbocycles. The number of aliphatic hydroxyl groups excluding tert-OH is 1. The van der Waals surface area contributed by atoms with E-state index in [-0.39, 0.29) is 5.41 Å². The molecule has 1 unspecified atom stereocenters. The summed E-state index contributed by atoms with van der Waals surface area (Å²) in [6, 6.07) is 3.50. The number of nitrogens with one attached hydrogen (secondary N) is 1. The van der Waals surface area contributed by atoms with Gasteiger partial charge in [-0.3, -0.25) is 0 Å². The van der Waals surface area contributed by atoms with E-state index in [0.29, 0.717) is 24.2 Å². The normalized spacial score (nSPS) is 12.9. The second-order valence-electron chi connectivity index (χ2n) is 6.55. The Kier molecular flexibility index (Phi) is 5.61. The highest BCUT2D eigenvalue weighted by atomic mass is 16.5. The van der Waals surface area contributed by atoms with Crippen LogP contribution in [0.5, 0.6) is 0 Å². The topological polar surface area (TPSA) is 84.6 Å². The Labute approximate surface area is 126 Å². The third-order valence-corrected chi connectivity index (χ3v) is 3.18. The number of aliphatic hydroxyl groups is 1. The Hall–Kier alpha value is -1.75. The number of nitrogens with two attached hydrogens (primary N) is 1. The summed E-state index contributed by atoms with van der Waals surface area (Å²) in [5.74, 6) is -0.463. The lowest BCUT2D eigenvalue weighted by atomic mass is 9.89. The predicted molar refractivity (Wildman–Crippen MR) is 85.5 cm³/mol. The number of anilines is 2. The monoisotopic (exact) mass is 294 g/mol. The number of esters is 1. The van der Waals surface area contributed by atoms with Crippen LogP contribution in [-0.2, 0) is 4.74 Å². The molecule has 5 nitrogen and oxygen atoms in total. The van der Waals surface area contributed by atoms with E-state index in [0.717, 1.165) is 11.3 Å². The third-order valence-electron chi connectivity index (χ3n) is 3.18. The molecule has 5 heteroatoms. The molecule has 1 rings (SSSR count). The molecule has 1 aromatic carbocycles. The molecule has 0 radical (unpaired) electrons.